The van der Waals surface area contributed by atoms with Gasteiger partial charge < -0.3 is 4.90 Å². The highest BCUT2D eigenvalue weighted by atomic mass is 35.5. The van der Waals surface area contributed by atoms with Crippen LogP contribution in [0.2, 0.25) is 0 Å². The van der Waals surface area contributed by atoms with Gasteiger partial charge in [-0.1, -0.05) is 18.2 Å². The van der Waals surface area contributed by atoms with Gasteiger partial charge >= 0.3 is 0 Å². The summed E-state index contributed by atoms with van der Waals surface area (Å²) in [5.41, 5.74) is 0.0810. The summed E-state index contributed by atoms with van der Waals surface area (Å²) in [5, 5.41) is 3.19. The molecular weight excluding hydrogens is 136 g/mol. The molecule has 0 radical (unpaired) electrons. The van der Waals surface area contributed by atoms with E-state index in [0.717, 1.165) is 6.54 Å². The van der Waals surface area contributed by atoms with Crippen LogP contribution in [0.3, 0.4) is 0 Å². The first-order chi connectivity index (χ1) is 4.25. The maximum atomic E-state index is 5.87. The Kier molecular flexibility index (Phi) is 1.98. The third-order valence-electron chi connectivity index (χ3n) is 1.56. The van der Waals surface area contributed by atoms with Crippen LogP contribution >= 0.6 is 11.6 Å². The number of nitrogens with zero attached hydrogens (tertiary/aromatic N) is 1. The van der Waals surface area contributed by atoms with Crippen molar-refractivity contribution in [2.45, 2.75) is 18.6 Å². The number of rotatable bonds is 1. The Morgan fingerprint density at radius 2 is 2.56 bits per heavy atom. The summed E-state index contributed by atoms with van der Waals surface area (Å²) in [4.78, 5) is 1.99. The molecule has 9 heavy (non-hydrogen) atoms. The Morgan fingerprint density at radius 1 is 1.89 bits per heavy atom. The lowest BCUT2D eigenvalue weighted by molar-refractivity contribution is 0.336. The lowest BCUT2D eigenvalue weighted by Gasteiger charge is -2.20. The van der Waals surface area contributed by atoms with Crippen molar-refractivity contribution in [2.75, 3.05) is 6.54 Å². The Balaban J connectivity index is 2.54. The molecule has 2 nitrogen and oxygen atoms in total. The van der Waals surface area contributed by atoms with E-state index < -0.39 is 0 Å². The van der Waals surface area contributed by atoms with Gasteiger partial charge in [0.1, 0.15) is 5.50 Å². The topological polar surface area (TPSA) is 15.3 Å². The fraction of sp³-hybridized carbons (Fsp3) is 0.667. The van der Waals surface area contributed by atoms with E-state index in [0.29, 0.717) is 6.17 Å². The molecule has 0 aromatic carbocycles. The molecule has 1 aliphatic rings. The van der Waals surface area contributed by atoms with Crippen LogP contribution < -0.4 is 5.32 Å². The Morgan fingerprint density at radius 3 is 2.78 bits per heavy atom. The highest BCUT2D eigenvalue weighted by molar-refractivity contribution is 6.20. The summed E-state index contributed by atoms with van der Waals surface area (Å²) in [6.45, 7) is 6.55. The van der Waals surface area contributed by atoms with Crippen molar-refractivity contribution in [3.8, 4) is 0 Å². The second-order valence-corrected chi connectivity index (χ2v) is 2.65. The van der Waals surface area contributed by atoms with Gasteiger partial charge in [-0.3, -0.25) is 5.32 Å². The largest absolute Gasteiger partial charge is 0.346 e. The normalized spacial score (nSPS) is 35.1. The average molecular weight is 147 g/mol. The highest BCUT2D eigenvalue weighted by Gasteiger charge is 2.24. The molecule has 0 amide bonds. The maximum absolute atomic E-state index is 5.87. The van der Waals surface area contributed by atoms with Crippen LogP contribution in [0.25, 0.3) is 0 Å². The molecule has 0 saturated carbocycles. The van der Waals surface area contributed by atoms with Crippen molar-refractivity contribution >= 4 is 11.6 Å². The Hall–Kier alpha value is -0.210. The van der Waals surface area contributed by atoms with Crippen LogP contribution in [-0.2, 0) is 0 Å². The average Bonchev–Trinajstić information content (AvgIpc) is 2.12. The van der Waals surface area contributed by atoms with E-state index in [1.165, 1.54) is 0 Å². The maximum Gasteiger partial charge on any atom is 0.117 e. The molecule has 0 aromatic rings. The van der Waals surface area contributed by atoms with Crippen LogP contribution in [-0.4, -0.2) is 23.1 Å². The molecule has 1 fully saturated rings. The van der Waals surface area contributed by atoms with Gasteiger partial charge in [-0.05, 0) is 13.1 Å². The van der Waals surface area contributed by atoms with E-state index in [2.05, 4.69) is 18.8 Å². The van der Waals surface area contributed by atoms with Crippen LogP contribution in [0.15, 0.2) is 12.8 Å². The van der Waals surface area contributed by atoms with Crippen molar-refractivity contribution in [1.29, 1.82) is 0 Å². The molecule has 0 aromatic heterocycles. The summed E-state index contributed by atoms with van der Waals surface area (Å²) in [6, 6.07) is 0. The first kappa shape index (κ1) is 6.90. The number of hydrogen-bond donors (Lipinski definition) is 1. The van der Waals surface area contributed by atoms with Gasteiger partial charge in [0.15, 0.2) is 0 Å². The van der Waals surface area contributed by atoms with Crippen molar-refractivity contribution in [3.05, 3.63) is 12.8 Å². The quantitative estimate of drug-likeness (QED) is 0.438. The molecule has 52 valence electrons. The summed E-state index contributed by atoms with van der Waals surface area (Å²) in [7, 11) is 0. The van der Waals surface area contributed by atoms with E-state index >= 15 is 0 Å². The molecule has 0 spiro atoms. The second kappa shape index (κ2) is 2.58. The Bertz CT molecular complexity index is 106. The number of halogens is 1. The van der Waals surface area contributed by atoms with Crippen LogP contribution in [0.4, 0.5) is 0 Å². The van der Waals surface area contributed by atoms with Crippen LogP contribution in [0.5, 0.6) is 0 Å². The minimum Gasteiger partial charge on any atom is -0.346 e. The van der Waals surface area contributed by atoms with Crippen molar-refractivity contribution in [3.63, 3.8) is 0 Å². The smallest absolute Gasteiger partial charge is 0.117 e. The molecule has 3 heteroatoms. The fourth-order valence-corrected chi connectivity index (χ4v) is 1.33. The number of alkyl halides is 1. The minimum absolute atomic E-state index is 0.0810. The highest BCUT2D eigenvalue weighted by Crippen LogP contribution is 2.13. The molecular formula is C6H11ClN2. The minimum atomic E-state index is 0.0810. The monoisotopic (exact) mass is 146 g/mol. The van der Waals surface area contributed by atoms with Gasteiger partial charge in [0.05, 0.1) is 6.17 Å². The van der Waals surface area contributed by atoms with Gasteiger partial charge in [-0.25, -0.2) is 0 Å². The summed E-state index contributed by atoms with van der Waals surface area (Å²) in [6.07, 6.45) is 2.10. The van der Waals surface area contributed by atoms with Gasteiger partial charge in [0.25, 0.3) is 0 Å². The predicted molar refractivity (Wildman–Crippen MR) is 39.1 cm³/mol. The van der Waals surface area contributed by atoms with Gasteiger partial charge in [0.2, 0.25) is 0 Å². The van der Waals surface area contributed by atoms with Gasteiger partial charge in [0, 0.05) is 6.54 Å². The van der Waals surface area contributed by atoms with Gasteiger partial charge in [-0.15, -0.1) is 0 Å². The molecule has 1 rings (SSSR count). The lowest BCUT2D eigenvalue weighted by atomic mass is 10.5. The zero-order valence-corrected chi connectivity index (χ0v) is 6.23. The molecule has 2 atom stereocenters. The van der Waals surface area contributed by atoms with E-state index in [9.17, 15) is 0 Å². The molecule has 2 unspecified atom stereocenters. The van der Waals surface area contributed by atoms with E-state index in [1.54, 1.807) is 6.20 Å². The predicted octanol–water partition coefficient (Wildman–Crippen LogP) is 0.946. The first-order valence-corrected chi connectivity index (χ1v) is 3.47. The molecule has 1 heterocycles. The summed E-state index contributed by atoms with van der Waals surface area (Å²) < 4.78 is 0. The van der Waals surface area contributed by atoms with Crippen LogP contribution in [0.1, 0.15) is 6.92 Å². The molecule has 1 N–H and O–H groups in total. The molecule has 1 saturated heterocycles. The van der Waals surface area contributed by atoms with Crippen LogP contribution in [0, 0.1) is 0 Å². The third-order valence-corrected chi connectivity index (χ3v) is 1.94. The fourth-order valence-electron chi connectivity index (χ4n) is 0.994. The zero-order chi connectivity index (χ0) is 6.85. The third kappa shape index (κ3) is 1.19. The standard InChI is InChI=1S/C6H11ClN2/c1-3-9-5(2)8-4-6(9)7/h3,5-6,8H,1,4H2,2H3. The Labute approximate surface area is 60.5 Å². The van der Waals surface area contributed by atoms with E-state index in [1.807, 2.05) is 4.90 Å². The van der Waals surface area contributed by atoms with E-state index in [4.69, 9.17) is 11.6 Å². The first-order valence-electron chi connectivity index (χ1n) is 3.03. The number of nitrogens with one attached hydrogen (secondary N) is 1. The number of hydrogen-bond acceptors (Lipinski definition) is 2. The molecule has 0 aliphatic carbocycles. The van der Waals surface area contributed by atoms with Crippen molar-refractivity contribution in [1.82, 2.24) is 10.2 Å². The summed E-state index contributed by atoms with van der Waals surface area (Å²) in [5.74, 6) is 0. The molecule has 1 aliphatic heterocycles. The summed E-state index contributed by atoms with van der Waals surface area (Å²) >= 11 is 5.87. The SMILES string of the molecule is C=CN1C(Cl)CNC1C. The second-order valence-electron chi connectivity index (χ2n) is 2.15. The molecule has 0 bridgehead atoms. The van der Waals surface area contributed by atoms with E-state index in [-0.39, 0.29) is 5.50 Å². The van der Waals surface area contributed by atoms with Gasteiger partial charge in [-0.2, -0.15) is 0 Å². The van der Waals surface area contributed by atoms with Crippen molar-refractivity contribution < 1.29 is 0 Å². The zero-order valence-electron chi connectivity index (χ0n) is 5.47. The van der Waals surface area contributed by atoms with Crippen molar-refractivity contribution in [2.24, 2.45) is 0 Å². The lowest BCUT2D eigenvalue weighted by Crippen LogP contribution is -2.29.